The summed E-state index contributed by atoms with van der Waals surface area (Å²) in [7, 11) is 2.05. The Bertz CT molecular complexity index is 321. The Kier molecular flexibility index (Phi) is 7.75. The minimum absolute atomic E-state index is 0. The molecule has 1 aromatic carbocycles. The summed E-state index contributed by atoms with van der Waals surface area (Å²) >= 11 is 1.97. The van der Waals surface area contributed by atoms with E-state index < -0.39 is 0 Å². The number of hydrogen-bond donors (Lipinski definition) is 1. The molecule has 2 nitrogen and oxygen atoms in total. The van der Waals surface area contributed by atoms with E-state index >= 15 is 0 Å². The summed E-state index contributed by atoms with van der Waals surface area (Å²) in [4.78, 5) is 4.02. The van der Waals surface area contributed by atoms with Gasteiger partial charge in [0, 0.05) is 29.8 Å². The summed E-state index contributed by atoms with van der Waals surface area (Å²) in [6.07, 6.45) is 2.72. The van der Waals surface area contributed by atoms with Crippen molar-refractivity contribution in [2.75, 3.05) is 32.4 Å². The zero-order chi connectivity index (χ0) is 11.9. The van der Waals surface area contributed by atoms with Crippen molar-refractivity contribution >= 4 is 24.2 Å². The molecule has 0 aromatic heterocycles. The lowest BCUT2D eigenvalue weighted by molar-refractivity contribution is 0.266. The second-order valence-electron chi connectivity index (χ2n) is 4.55. The number of nitrogens with zero attached hydrogens (tertiary/aromatic N) is 1. The van der Waals surface area contributed by atoms with E-state index in [2.05, 4.69) is 47.6 Å². The van der Waals surface area contributed by atoms with Crippen molar-refractivity contribution in [1.29, 1.82) is 0 Å². The Morgan fingerprint density at radius 3 is 2.83 bits per heavy atom. The first-order valence-corrected chi connectivity index (χ1v) is 7.45. The van der Waals surface area contributed by atoms with E-state index in [0.29, 0.717) is 0 Å². The van der Waals surface area contributed by atoms with Crippen molar-refractivity contribution in [3.63, 3.8) is 0 Å². The molecule has 18 heavy (non-hydrogen) atoms. The van der Waals surface area contributed by atoms with E-state index in [9.17, 15) is 0 Å². The standard InChI is InChI=1S/C14H22N2S.ClH/c1-15-12-13-6-5-9-16(13)10-11-17-14-7-3-2-4-8-14;/h2-4,7-8,13,15H,5-6,9-12H2,1H3;1H. The highest BCUT2D eigenvalue weighted by molar-refractivity contribution is 7.99. The molecule has 1 aliphatic heterocycles. The molecule has 1 aromatic rings. The maximum atomic E-state index is 3.30. The number of likely N-dealkylation sites (tertiary alicyclic amines) is 1. The molecule has 1 unspecified atom stereocenters. The van der Waals surface area contributed by atoms with Gasteiger partial charge >= 0.3 is 0 Å². The van der Waals surface area contributed by atoms with Crippen molar-refractivity contribution in [1.82, 2.24) is 10.2 Å². The Morgan fingerprint density at radius 2 is 2.11 bits per heavy atom. The molecule has 2 rings (SSSR count). The van der Waals surface area contributed by atoms with Crippen LogP contribution in [0.5, 0.6) is 0 Å². The summed E-state index contributed by atoms with van der Waals surface area (Å²) in [5, 5.41) is 3.30. The first-order valence-electron chi connectivity index (χ1n) is 6.46. The average molecular weight is 287 g/mol. The molecule has 1 heterocycles. The largest absolute Gasteiger partial charge is 0.318 e. The van der Waals surface area contributed by atoms with Gasteiger partial charge in [-0.1, -0.05) is 18.2 Å². The van der Waals surface area contributed by atoms with Crippen LogP contribution in [-0.4, -0.2) is 43.4 Å². The van der Waals surface area contributed by atoms with Gasteiger partial charge in [0.1, 0.15) is 0 Å². The highest BCUT2D eigenvalue weighted by atomic mass is 35.5. The molecule has 0 radical (unpaired) electrons. The maximum Gasteiger partial charge on any atom is 0.0221 e. The smallest absolute Gasteiger partial charge is 0.0221 e. The number of hydrogen-bond acceptors (Lipinski definition) is 3. The van der Waals surface area contributed by atoms with Gasteiger partial charge in [0.15, 0.2) is 0 Å². The topological polar surface area (TPSA) is 15.3 Å². The first-order chi connectivity index (χ1) is 8.40. The van der Waals surface area contributed by atoms with Gasteiger partial charge in [-0.3, -0.25) is 4.90 Å². The molecular weight excluding hydrogens is 264 g/mol. The second-order valence-corrected chi connectivity index (χ2v) is 5.72. The van der Waals surface area contributed by atoms with Crippen LogP contribution in [-0.2, 0) is 0 Å². The van der Waals surface area contributed by atoms with Gasteiger partial charge in [0.05, 0.1) is 0 Å². The van der Waals surface area contributed by atoms with Crippen LogP contribution in [0, 0.1) is 0 Å². The third-order valence-corrected chi connectivity index (χ3v) is 4.32. The monoisotopic (exact) mass is 286 g/mol. The quantitative estimate of drug-likeness (QED) is 0.810. The van der Waals surface area contributed by atoms with Crippen LogP contribution in [0.3, 0.4) is 0 Å². The van der Waals surface area contributed by atoms with Crippen molar-refractivity contribution in [3.8, 4) is 0 Å². The fourth-order valence-corrected chi connectivity index (χ4v) is 3.36. The van der Waals surface area contributed by atoms with Crippen LogP contribution < -0.4 is 5.32 Å². The number of thioether (sulfide) groups is 1. The highest BCUT2D eigenvalue weighted by Gasteiger charge is 2.22. The molecule has 1 atom stereocenters. The number of likely N-dealkylation sites (N-methyl/N-ethyl adjacent to an activating group) is 1. The average Bonchev–Trinajstić information content (AvgIpc) is 2.79. The summed E-state index contributed by atoms with van der Waals surface area (Å²) < 4.78 is 0. The third kappa shape index (κ3) is 4.81. The molecule has 0 amide bonds. The molecular formula is C14H23ClN2S. The minimum Gasteiger partial charge on any atom is -0.318 e. The van der Waals surface area contributed by atoms with E-state index in [1.54, 1.807) is 0 Å². The maximum absolute atomic E-state index is 3.30. The zero-order valence-electron chi connectivity index (χ0n) is 11.0. The van der Waals surface area contributed by atoms with E-state index in [1.807, 2.05) is 11.8 Å². The van der Waals surface area contributed by atoms with Gasteiger partial charge in [0.25, 0.3) is 0 Å². The third-order valence-electron chi connectivity index (χ3n) is 3.33. The predicted molar refractivity (Wildman–Crippen MR) is 82.9 cm³/mol. The van der Waals surface area contributed by atoms with E-state index in [4.69, 9.17) is 0 Å². The van der Waals surface area contributed by atoms with Crippen LogP contribution in [0.1, 0.15) is 12.8 Å². The molecule has 4 heteroatoms. The van der Waals surface area contributed by atoms with Gasteiger partial charge < -0.3 is 5.32 Å². The Labute approximate surface area is 121 Å². The lowest BCUT2D eigenvalue weighted by Crippen LogP contribution is -2.37. The number of rotatable bonds is 6. The van der Waals surface area contributed by atoms with Gasteiger partial charge in [-0.15, -0.1) is 24.2 Å². The van der Waals surface area contributed by atoms with Crippen molar-refractivity contribution in [2.45, 2.75) is 23.8 Å². The molecule has 0 saturated carbocycles. The lowest BCUT2D eigenvalue weighted by atomic mass is 10.2. The molecule has 0 aliphatic carbocycles. The molecule has 1 aliphatic rings. The Morgan fingerprint density at radius 1 is 1.33 bits per heavy atom. The summed E-state index contributed by atoms with van der Waals surface area (Å²) in [5.74, 6) is 1.20. The van der Waals surface area contributed by atoms with Crippen molar-refractivity contribution in [2.24, 2.45) is 0 Å². The summed E-state index contributed by atoms with van der Waals surface area (Å²) in [6, 6.07) is 11.5. The van der Waals surface area contributed by atoms with Crippen molar-refractivity contribution < 1.29 is 0 Å². The molecule has 0 bridgehead atoms. The van der Waals surface area contributed by atoms with Crippen LogP contribution in [0.15, 0.2) is 35.2 Å². The van der Waals surface area contributed by atoms with E-state index in [0.717, 1.165) is 12.6 Å². The minimum atomic E-state index is 0. The molecule has 1 saturated heterocycles. The van der Waals surface area contributed by atoms with Crippen LogP contribution in [0.2, 0.25) is 0 Å². The molecule has 102 valence electrons. The fourth-order valence-electron chi connectivity index (χ4n) is 2.45. The SMILES string of the molecule is CNCC1CCCN1CCSc1ccccc1.Cl. The highest BCUT2D eigenvalue weighted by Crippen LogP contribution is 2.20. The lowest BCUT2D eigenvalue weighted by Gasteiger charge is -2.23. The molecule has 1 fully saturated rings. The van der Waals surface area contributed by atoms with Gasteiger partial charge in [-0.2, -0.15) is 0 Å². The van der Waals surface area contributed by atoms with Crippen LogP contribution >= 0.6 is 24.2 Å². The number of benzene rings is 1. The van der Waals surface area contributed by atoms with Gasteiger partial charge in [-0.25, -0.2) is 0 Å². The predicted octanol–water partition coefficient (Wildman–Crippen LogP) is 2.88. The number of nitrogens with one attached hydrogen (secondary N) is 1. The number of halogens is 1. The second kappa shape index (κ2) is 8.81. The van der Waals surface area contributed by atoms with E-state index in [1.165, 1.54) is 36.6 Å². The van der Waals surface area contributed by atoms with Crippen LogP contribution in [0.25, 0.3) is 0 Å². The fraction of sp³-hybridized carbons (Fsp3) is 0.571. The zero-order valence-corrected chi connectivity index (χ0v) is 12.6. The van der Waals surface area contributed by atoms with Crippen LogP contribution in [0.4, 0.5) is 0 Å². The van der Waals surface area contributed by atoms with Gasteiger partial charge in [0.2, 0.25) is 0 Å². The first kappa shape index (κ1) is 15.8. The van der Waals surface area contributed by atoms with E-state index in [-0.39, 0.29) is 12.4 Å². The molecule has 1 N–H and O–H groups in total. The summed E-state index contributed by atoms with van der Waals surface area (Å²) in [5.41, 5.74) is 0. The molecule has 0 spiro atoms. The Hall–Kier alpha value is -0.220. The van der Waals surface area contributed by atoms with Gasteiger partial charge in [-0.05, 0) is 38.6 Å². The summed E-state index contributed by atoms with van der Waals surface area (Å²) in [6.45, 7) is 3.63. The van der Waals surface area contributed by atoms with Crippen molar-refractivity contribution in [3.05, 3.63) is 30.3 Å². The Balaban J connectivity index is 0.00000162. The normalized spacial score (nSPS) is 19.7.